The minimum atomic E-state index is -0.742. The first-order valence-electron chi connectivity index (χ1n) is 7.81. The first-order valence-corrected chi connectivity index (χ1v) is 7.81. The standard InChI is InChI=1S/C19H18O5/c1-4-22-18(20)12(3)23-16-10-9-14-13-7-5-6-8-15(13)19(21)24-17(14)11(16)2/h5-10,12H,4H2,1-3H3/t12-/m1/s1. The fourth-order valence-electron chi connectivity index (χ4n) is 2.69. The van der Waals surface area contributed by atoms with Gasteiger partial charge in [0.15, 0.2) is 6.10 Å². The lowest BCUT2D eigenvalue weighted by molar-refractivity contribution is -0.150. The van der Waals surface area contributed by atoms with Crippen LogP contribution in [0.3, 0.4) is 0 Å². The van der Waals surface area contributed by atoms with Crippen molar-refractivity contribution in [1.29, 1.82) is 0 Å². The smallest absolute Gasteiger partial charge is 0.347 e. The van der Waals surface area contributed by atoms with Crippen LogP contribution in [-0.2, 0) is 9.53 Å². The molecule has 3 aromatic rings. The Balaban J connectivity index is 2.10. The quantitative estimate of drug-likeness (QED) is 0.416. The molecule has 0 unspecified atom stereocenters. The highest BCUT2D eigenvalue weighted by Crippen LogP contribution is 2.31. The maximum atomic E-state index is 12.2. The van der Waals surface area contributed by atoms with Gasteiger partial charge in [-0.25, -0.2) is 9.59 Å². The van der Waals surface area contributed by atoms with E-state index in [0.717, 1.165) is 10.8 Å². The van der Waals surface area contributed by atoms with E-state index in [-0.39, 0.29) is 0 Å². The van der Waals surface area contributed by atoms with Gasteiger partial charge in [0.25, 0.3) is 0 Å². The Bertz CT molecular complexity index is 971. The highest BCUT2D eigenvalue weighted by molar-refractivity contribution is 6.05. The van der Waals surface area contributed by atoms with E-state index < -0.39 is 17.7 Å². The second-order valence-corrected chi connectivity index (χ2v) is 5.51. The Labute approximate surface area is 138 Å². The first kappa shape index (κ1) is 16.1. The lowest BCUT2D eigenvalue weighted by Crippen LogP contribution is -2.26. The van der Waals surface area contributed by atoms with Crippen LogP contribution in [0.5, 0.6) is 5.75 Å². The van der Waals surface area contributed by atoms with Crippen LogP contribution in [0.25, 0.3) is 21.7 Å². The summed E-state index contributed by atoms with van der Waals surface area (Å²) >= 11 is 0. The molecule has 2 aromatic carbocycles. The molecule has 0 N–H and O–H groups in total. The molecular weight excluding hydrogens is 308 g/mol. The number of fused-ring (bicyclic) bond motifs is 3. The van der Waals surface area contributed by atoms with Gasteiger partial charge in [0.1, 0.15) is 11.3 Å². The SMILES string of the molecule is CCOC(=O)[C@@H](C)Oc1ccc2c(oc(=O)c3ccccc32)c1C. The van der Waals surface area contributed by atoms with Crippen LogP contribution in [0.4, 0.5) is 0 Å². The van der Waals surface area contributed by atoms with Crippen molar-refractivity contribution in [3.05, 3.63) is 52.4 Å². The van der Waals surface area contributed by atoms with E-state index in [0.29, 0.717) is 28.9 Å². The largest absolute Gasteiger partial charge is 0.479 e. The molecule has 0 radical (unpaired) electrons. The van der Waals surface area contributed by atoms with Gasteiger partial charge < -0.3 is 13.9 Å². The summed E-state index contributed by atoms with van der Waals surface area (Å²) in [5.74, 6) is 0.0541. The van der Waals surface area contributed by atoms with Crippen LogP contribution in [0, 0.1) is 6.92 Å². The Hall–Kier alpha value is -2.82. The molecule has 1 heterocycles. The second kappa shape index (κ2) is 6.35. The van der Waals surface area contributed by atoms with E-state index in [1.54, 1.807) is 39.0 Å². The lowest BCUT2D eigenvalue weighted by Gasteiger charge is -2.16. The molecule has 0 aliphatic rings. The molecule has 5 nitrogen and oxygen atoms in total. The number of benzene rings is 2. The topological polar surface area (TPSA) is 65.7 Å². The van der Waals surface area contributed by atoms with Crippen molar-refractivity contribution in [3.8, 4) is 5.75 Å². The van der Waals surface area contributed by atoms with Gasteiger partial charge in [0, 0.05) is 10.9 Å². The number of hydrogen-bond donors (Lipinski definition) is 0. The minimum Gasteiger partial charge on any atom is -0.479 e. The highest BCUT2D eigenvalue weighted by Gasteiger charge is 2.19. The highest BCUT2D eigenvalue weighted by atomic mass is 16.6. The molecule has 1 atom stereocenters. The van der Waals surface area contributed by atoms with Crippen LogP contribution in [-0.4, -0.2) is 18.7 Å². The van der Waals surface area contributed by atoms with Gasteiger partial charge >= 0.3 is 11.6 Å². The number of ether oxygens (including phenoxy) is 2. The molecule has 3 rings (SSSR count). The van der Waals surface area contributed by atoms with Crippen LogP contribution in [0.2, 0.25) is 0 Å². The normalized spacial score (nSPS) is 12.3. The fraction of sp³-hybridized carbons (Fsp3) is 0.263. The van der Waals surface area contributed by atoms with Gasteiger partial charge in [-0.1, -0.05) is 18.2 Å². The summed E-state index contributed by atoms with van der Waals surface area (Å²) in [4.78, 5) is 23.9. The zero-order chi connectivity index (χ0) is 17.3. The average Bonchev–Trinajstić information content (AvgIpc) is 2.58. The summed E-state index contributed by atoms with van der Waals surface area (Å²) in [6.45, 7) is 5.46. The molecule has 0 saturated carbocycles. The van der Waals surface area contributed by atoms with E-state index in [4.69, 9.17) is 13.9 Å². The molecule has 24 heavy (non-hydrogen) atoms. The Morgan fingerprint density at radius 1 is 1.12 bits per heavy atom. The molecule has 0 fully saturated rings. The molecule has 0 spiro atoms. The van der Waals surface area contributed by atoms with Gasteiger partial charge in [0.2, 0.25) is 0 Å². The molecule has 0 saturated heterocycles. The third-order valence-electron chi connectivity index (χ3n) is 3.91. The summed E-state index contributed by atoms with van der Waals surface area (Å²) in [5, 5.41) is 2.20. The second-order valence-electron chi connectivity index (χ2n) is 5.51. The number of rotatable bonds is 4. The molecule has 0 aliphatic heterocycles. The summed E-state index contributed by atoms with van der Waals surface area (Å²) in [6.07, 6.45) is -0.742. The van der Waals surface area contributed by atoms with Gasteiger partial charge in [0.05, 0.1) is 12.0 Å². The summed E-state index contributed by atoms with van der Waals surface area (Å²) in [5.41, 5.74) is 0.746. The van der Waals surface area contributed by atoms with Crippen molar-refractivity contribution in [3.63, 3.8) is 0 Å². The minimum absolute atomic E-state index is 0.296. The van der Waals surface area contributed by atoms with Crippen molar-refractivity contribution in [2.45, 2.75) is 26.9 Å². The molecular formula is C19H18O5. The predicted octanol–water partition coefficient (Wildman–Crippen LogP) is 3.59. The number of carbonyl (C=O) groups excluding carboxylic acids is 1. The first-order chi connectivity index (χ1) is 11.5. The Morgan fingerprint density at radius 3 is 2.54 bits per heavy atom. The number of esters is 1. The van der Waals surface area contributed by atoms with Gasteiger partial charge in [-0.3, -0.25) is 0 Å². The van der Waals surface area contributed by atoms with Gasteiger partial charge in [-0.2, -0.15) is 0 Å². The molecule has 0 aliphatic carbocycles. The van der Waals surface area contributed by atoms with Crippen molar-refractivity contribution in [2.75, 3.05) is 6.61 Å². The van der Waals surface area contributed by atoms with E-state index in [1.807, 2.05) is 18.2 Å². The zero-order valence-electron chi connectivity index (χ0n) is 13.8. The predicted molar refractivity (Wildman–Crippen MR) is 91.5 cm³/mol. The van der Waals surface area contributed by atoms with Crippen LogP contribution < -0.4 is 10.4 Å². The summed E-state index contributed by atoms with van der Waals surface area (Å²) in [7, 11) is 0. The zero-order valence-corrected chi connectivity index (χ0v) is 13.8. The van der Waals surface area contributed by atoms with Crippen molar-refractivity contribution in [1.82, 2.24) is 0 Å². The van der Waals surface area contributed by atoms with Crippen molar-refractivity contribution < 1.29 is 18.7 Å². The van der Waals surface area contributed by atoms with E-state index >= 15 is 0 Å². The average molecular weight is 326 g/mol. The van der Waals surface area contributed by atoms with Crippen molar-refractivity contribution >= 4 is 27.7 Å². The fourth-order valence-corrected chi connectivity index (χ4v) is 2.69. The van der Waals surface area contributed by atoms with E-state index in [9.17, 15) is 9.59 Å². The Kier molecular flexibility index (Phi) is 4.25. The van der Waals surface area contributed by atoms with Crippen LogP contribution in [0.1, 0.15) is 19.4 Å². The Morgan fingerprint density at radius 2 is 1.83 bits per heavy atom. The number of carbonyl (C=O) groups is 1. The summed E-state index contributed by atoms with van der Waals surface area (Å²) in [6, 6.07) is 10.9. The summed E-state index contributed by atoms with van der Waals surface area (Å²) < 4.78 is 16.1. The third kappa shape index (κ3) is 2.73. The maximum Gasteiger partial charge on any atom is 0.347 e. The number of hydrogen-bond acceptors (Lipinski definition) is 5. The van der Waals surface area contributed by atoms with Gasteiger partial charge in [-0.15, -0.1) is 0 Å². The number of aryl methyl sites for hydroxylation is 1. The van der Waals surface area contributed by atoms with Gasteiger partial charge in [-0.05, 0) is 44.4 Å². The molecule has 0 bridgehead atoms. The van der Waals surface area contributed by atoms with Crippen molar-refractivity contribution in [2.24, 2.45) is 0 Å². The molecule has 5 heteroatoms. The van der Waals surface area contributed by atoms with E-state index in [2.05, 4.69) is 0 Å². The third-order valence-corrected chi connectivity index (χ3v) is 3.91. The maximum absolute atomic E-state index is 12.2. The molecule has 124 valence electrons. The lowest BCUT2D eigenvalue weighted by atomic mass is 10.0. The van der Waals surface area contributed by atoms with Crippen LogP contribution >= 0.6 is 0 Å². The van der Waals surface area contributed by atoms with Crippen LogP contribution in [0.15, 0.2) is 45.6 Å². The monoisotopic (exact) mass is 326 g/mol. The van der Waals surface area contributed by atoms with E-state index in [1.165, 1.54) is 0 Å². The molecule has 0 amide bonds. The molecule has 1 aromatic heterocycles.